The van der Waals surface area contributed by atoms with Gasteiger partial charge in [0, 0.05) is 10.6 Å². The number of amides is 1. The smallest absolute Gasteiger partial charge is 0.263 e. The fraction of sp³-hybridized carbons (Fsp3) is 0.261. The molecular weight excluding hydrogens is 508 g/mol. The highest BCUT2D eigenvalue weighted by molar-refractivity contribution is 7.99. The van der Waals surface area contributed by atoms with Gasteiger partial charge in [0.2, 0.25) is 15.9 Å². The van der Waals surface area contributed by atoms with Crippen LogP contribution in [-0.2, 0) is 34.2 Å². The largest absolute Gasteiger partial charge is 0.467 e. The number of thioether (sulfide) groups is 1. The second-order valence-corrected chi connectivity index (χ2v) is 11.7. The first kappa shape index (κ1) is 23.8. The van der Waals surface area contributed by atoms with Crippen molar-refractivity contribution in [3.05, 3.63) is 69.2 Å². The van der Waals surface area contributed by atoms with E-state index in [1.165, 1.54) is 40.9 Å². The summed E-state index contributed by atoms with van der Waals surface area (Å²) in [5.41, 5.74) is 1.43. The zero-order valence-corrected chi connectivity index (χ0v) is 21.0. The Hall–Kier alpha value is -2.93. The Bertz CT molecular complexity index is 1560. The Morgan fingerprint density at radius 1 is 1.20 bits per heavy atom. The number of rotatable bonds is 7. The predicted molar refractivity (Wildman–Crippen MR) is 136 cm³/mol. The number of aromatic nitrogens is 2. The molecule has 0 saturated heterocycles. The summed E-state index contributed by atoms with van der Waals surface area (Å²) in [6.07, 6.45) is 5.57. The van der Waals surface area contributed by atoms with Gasteiger partial charge in [0.15, 0.2) is 5.16 Å². The topological polar surface area (TPSA) is 137 Å². The van der Waals surface area contributed by atoms with Gasteiger partial charge in [0.1, 0.15) is 10.6 Å². The number of nitrogens with zero attached hydrogens (tertiary/aromatic N) is 2. The molecule has 0 aliphatic heterocycles. The van der Waals surface area contributed by atoms with Crippen LogP contribution < -0.4 is 16.0 Å². The number of anilines is 1. The summed E-state index contributed by atoms with van der Waals surface area (Å²) >= 11 is 2.73. The number of sulfonamides is 1. The maximum Gasteiger partial charge on any atom is 0.263 e. The molecule has 182 valence electrons. The van der Waals surface area contributed by atoms with Crippen molar-refractivity contribution >= 4 is 54.9 Å². The van der Waals surface area contributed by atoms with Crippen LogP contribution in [0.3, 0.4) is 0 Å². The molecule has 0 atom stereocenters. The van der Waals surface area contributed by atoms with Crippen molar-refractivity contribution < 1.29 is 17.6 Å². The summed E-state index contributed by atoms with van der Waals surface area (Å²) in [6, 6.07) is 9.15. The predicted octanol–water partition coefficient (Wildman–Crippen LogP) is 3.36. The van der Waals surface area contributed by atoms with Gasteiger partial charge in [-0.25, -0.2) is 18.5 Å². The number of hydrogen-bond donors (Lipinski definition) is 2. The van der Waals surface area contributed by atoms with Crippen molar-refractivity contribution in [2.45, 2.75) is 42.3 Å². The van der Waals surface area contributed by atoms with Crippen LogP contribution in [0.2, 0.25) is 0 Å². The number of hydrogen-bond acceptors (Lipinski definition) is 8. The molecule has 3 N–H and O–H groups in total. The van der Waals surface area contributed by atoms with Gasteiger partial charge >= 0.3 is 0 Å². The van der Waals surface area contributed by atoms with Crippen LogP contribution in [0, 0.1) is 0 Å². The first-order valence-corrected chi connectivity index (χ1v) is 14.3. The number of primary sulfonamides is 1. The number of benzene rings is 1. The number of aryl methyl sites for hydroxylation is 2. The molecule has 1 aliphatic rings. The molecule has 0 bridgehead atoms. The molecule has 35 heavy (non-hydrogen) atoms. The molecule has 1 aliphatic carbocycles. The van der Waals surface area contributed by atoms with Gasteiger partial charge in [0.25, 0.3) is 5.56 Å². The molecule has 5 rings (SSSR count). The van der Waals surface area contributed by atoms with Crippen molar-refractivity contribution in [1.82, 2.24) is 9.55 Å². The Morgan fingerprint density at radius 2 is 1.97 bits per heavy atom. The third kappa shape index (κ3) is 5.06. The second kappa shape index (κ2) is 9.61. The number of nitrogens with two attached hydrogens (primary N) is 1. The molecule has 0 radical (unpaired) electrons. The molecule has 3 aromatic heterocycles. The minimum atomic E-state index is -3.81. The molecule has 0 spiro atoms. The van der Waals surface area contributed by atoms with Crippen LogP contribution in [0.5, 0.6) is 0 Å². The molecular formula is C23H22N4O5S3. The van der Waals surface area contributed by atoms with E-state index in [4.69, 9.17) is 14.5 Å². The Kier molecular flexibility index (Phi) is 6.53. The van der Waals surface area contributed by atoms with Crippen LogP contribution >= 0.6 is 23.1 Å². The van der Waals surface area contributed by atoms with Gasteiger partial charge in [0.05, 0.1) is 28.8 Å². The lowest BCUT2D eigenvalue weighted by Gasteiger charge is -2.13. The van der Waals surface area contributed by atoms with Gasteiger partial charge in [-0.15, -0.1) is 11.3 Å². The standard InChI is InChI=1S/C23H22N4O5S3/c24-35(30,31)16-9-7-14(8-10-16)25-19(28)13-33-23-26-21-20(17-5-1-2-6-18(17)34-21)22(29)27(23)12-15-4-3-11-32-15/h3-4,7-11H,1-2,5-6,12-13H2,(H,25,28)(H2,24,30,31). The molecule has 9 nitrogen and oxygen atoms in total. The van der Waals surface area contributed by atoms with Crippen molar-refractivity contribution in [3.8, 4) is 0 Å². The van der Waals surface area contributed by atoms with Gasteiger partial charge in [-0.1, -0.05) is 11.8 Å². The number of furan rings is 1. The van der Waals surface area contributed by atoms with Crippen LogP contribution in [-0.4, -0.2) is 29.6 Å². The molecule has 12 heteroatoms. The average Bonchev–Trinajstić information content (AvgIpc) is 3.47. The summed E-state index contributed by atoms with van der Waals surface area (Å²) in [7, 11) is -3.81. The third-order valence-corrected chi connectivity index (χ3v) is 8.82. The third-order valence-electron chi connectivity index (χ3n) is 5.73. The number of fused-ring (bicyclic) bond motifs is 3. The summed E-state index contributed by atoms with van der Waals surface area (Å²) in [5, 5.41) is 8.95. The zero-order chi connectivity index (χ0) is 24.6. The Morgan fingerprint density at radius 3 is 2.69 bits per heavy atom. The molecule has 0 saturated carbocycles. The molecule has 4 aromatic rings. The van der Waals surface area contributed by atoms with E-state index in [1.54, 1.807) is 34.3 Å². The highest BCUT2D eigenvalue weighted by atomic mass is 32.2. The van der Waals surface area contributed by atoms with E-state index in [-0.39, 0.29) is 28.7 Å². The van der Waals surface area contributed by atoms with Crippen molar-refractivity contribution in [2.24, 2.45) is 5.14 Å². The minimum Gasteiger partial charge on any atom is -0.467 e. The molecule has 0 unspecified atom stereocenters. The first-order chi connectivity index (χ1) is 16.8. The van der Waals surface area contributed by atoms with E-state index in [0.717, 1.165) is 31.2 Å². The maximum absolute atomic E-state index is 13.6. The van der Waals surface area contributed by atoms with E-state index in [9.17, 15) is 18.0 Å². The lowest BCUT2D eigenvalue weighted by molar-refractivity contribution is -0.113. The molecule has 0 fully saturated rings. The van der Waals surface area contributed by atoms with E-state index in [2.05, 4.69) is 5.32 Å². The molecule has 3 heterocycles. The summed E-state index contributed by atoms with van der Waals surface area (Å²) < 4.78 is 29.8. The molecule has 1 amide bonds. The van der Waals surface area contributed by atoms with E-state index < -0.39 is 10.0 Å². The summed E-state index contributed by atoms with van der Waals surface area (Å²) in [4.78, 5) is 32.8. The highest BCUT2D eigenvalue weighted by Crippen LogP contribution is 2.34. The quantitative estimate of drug-likeness (QED) is 0.276. The normalized spacial score (nSPS) is 13.6. The lowest BCUT2D eigenvalue weighted by Crippen LogP contribution is -2.25. The fourth-order valence-electron chi connectivity index (χ4n) is 4.08. The van der Waals surface area contributed by atoms with Crippen LogP contribution in [0.15, 0.2) is 61.9 Å². The SMILES string of the molecule is NS(=O)(=O)c1ccc(NC(=O)CSc2nc3sc4c(c3c(=O)n2Cc2ccco2)CCCC4)cc1. The number of carbonyl (C=O) groups is 1. The Labute approximate surface area is 209 Å². The van der Waals surface area contributed by atoms with Crippen molar-refractivity contribution in [3.63, 3.8) is 0 Å². The monoisotopic (exact) mass is 530 g/mol. The average molecular weight is 531 g/mol. The summed E-state index contributed by atoms with van der Waals surface area (Å²) in [6.45, 7) is 0.221. The number of nitrogens with one attached hydrogen (secondary N) is 1. The fourth-order valence-corrected chi connectivity index (χ4v) is 6.70. The van der Waals surface area contributed by atoms with Crippen LogP contribution in [0.1, 0.15) is 29.0 Å². The zero-order valence-electron chi connectivity index (χ0n) is 18.5. The van der Waals surface area contributed by atoms with Gasteiger partial charge in [-0.3, -0.25) is 14.2 Å². The molecule has 1 aromatic carbocycles. The van der Waals surface area contributed by atoms with Gasteiger partial charge in [-0.05, 0) is 67.6 Å². The van der Waals surface area contributed by atoms with E-state index in [1.807, 2.05) is 0 Å². The highest BCUT2D eigenvalue weighted by Gasteiger charge is 2.23. The van der Waals surface area contributed by atoms with E-state index in [0.29, 0.717) is 26.8 Å². The van der Waals surface area contributed by atoms with Gasteiger partial charge in [-0.2, -0.15) is 0 Å². The van der Waals surface area contributed by atoms with Crippen LogP contribution in [0.25, 0.3) is 10.2 Å². The van der Waals surface area contributed by atoms with Crippen molar-refractivity contribution in [2.75, 3.05) is 11.1 Å². The first-order valence-electron chi connectivity index (χ1n) is 10.9. The summed E-state index contributed by atoms with van der Waals surface area (Å²) in [5.74, 6) is 0.319. The van der Waals surface area contributed by atoms with Crippen LogP contribution in [0.4, 0.5) is 5.69 Å². The second-order valence-electron chi connectivity index (χ2n) is 8.16. The number of thiophene rings is 1. The number of carbonyl (C=O) groups excluding carboxylic acids is 1. The van der Waals surface area contributed by atoms with Gasteiger partial charge < -0.3 is 9.73 Å². The maximum atomic E-state index is 13.6. The lowest BCUT2D eigenvalue weighted by atomic mass is 9.97. The van der Waals surface area contributed by atoms with E-state index >= 15 is 0 Å². The van der Waals surface area contributed by atoms with Crippen molar-refractivity contribution in [1.29, 1.82) is 0 Å². The minimum absolute atomic E-state index is 0.0120. The Balaban J connectivity index is 1.40.